The lowest BCUT2D eigenvalue weighted by Crippen LogP contribution is -2.19. The number of ether oxygens (including phenoxy) is 1. The summed E-state index contributed by atoms with van der Waals surface area (Å²) < 4.78 is 42.8. The van der Waals surface area contributed by atoms with Gasteiger partial charge in [-0.3, -0.25) is 4.98 Å². The Labute approximate surface area is 114 Å². The number of hydrogen-bond donors (Lipinski definition) is 1. The van der Waals surface area contributed by atoms with Gasteiger partial charge in [0.15, 0.2) is 0 Å². The van der Waals surface area contributed by atoms with Gasteiger partial charge in [-0.25, -0.2) is 0 Å². The molecule has 0 amide bonds. The Morgan fingerprint density at radius 1 is 1.15 bits per heavy atom. The minimum atomic E-state index is -4.44. The highest BCUT2D eigenvalue weighted by molar-refractivity contribution is 5.26. The molecule has 1 aromatic carbocycles. The van der Waals surface area contributed by atoms with Crippen molar-refractivity contribution in [1.29, 1.82) is 0 Å². The van der Waals surface area contributed by atoms with Crippen LogP contribution < -0.4 is 10.5 Å². The van der Waals surface area contributed by atoms with Crippen LogP contribution in [0.5, 0.6) is 5.75 Å². The van der Waals surface area contributed by atoms with Gasteiger partial charge in [0.2, 0.25) is 0 Å². The Bertz CT molecular complexity index is 558. The maximum Gasteiger partial charge on any atom is 0.418 e. The Balaban J connectivity index is 2.01. The highest BCUT2D eigenvalue weighted by atomic mass is 19.4. The minimum absolute atomic E-state index is 0.0474. The first-order chi connectivity index (χ1) is 9.47. The van der Waals surface area contributed by atoms with E-state index in [4.69, 9.17) is 10.5 Å². The molecule has 0 saturated heterocycles. The second-order valence-corrected chi connectivity index (χ2v) is 4.24. The fourth-order valence-corrected chi connectivity index (χ4v) is 1.64. The molecule has 0 spiro atoms. The third kappa shape index (κ3) is 3.71. The van der Waals surface area contributed by atoms with E-state index < -0.39 is 17.8 Å². The monoisotopic (exact) mass is 282 g/mol. The number of aromatic nitrogens is 1. The van der Waals surface area contributed by atoms with Crippen LogP contribution in [0, 0.1) is 0 Å². The maximum absolute atomic E-state index is 12.5. The first kappa shape index (κ1) is 14.3. The predicted molar refractivity (Wildman–Crippen MR) is 68.1 cm³/mol. The molecule has 1 unspecified atom stereocenters. The normalized spacial score (nSPS) is 13.0. The van der Waals surface area contributed by atoms with Crippen molar-refractivity contribution in [1.82, 2.24) is 4.98 Å². The van der Waals surface area contributed by atoms with Gasteiger partial charge in [-0.1, -0.05) is 30.3 Å². The average molecular weight is 282 g/mol. The first-order valence-electron chi connectivity index (χ1n) is 5.92. The summed E-state index contributed by atoms with van der Waals surface area (Å²) in [4.78, 5) is 3.52. The molecule has 1 atom stereocenters. The van der Waals surface area contributed by atoms with Crippen molar-refractivity contribution < 1.29 is 17.9 Å². The van der Waals surface area contributed by atoms with Gasteiger partial charge in [-0.2, -0.15) is 13.2 Å². The fraction of sp³-hybridized carbons (Fsp3) is 0.214. The van der Waals surface area contributed by atoms with Crippen molar-refractivity contribution in [2.45, 2.75) is 12.2 Å². The van der Waals surface area contributed by atoms with Crippen LogP contribution in [0.4, 0.5) is 13.2 Å². The topological polar surface area (TPSA) is 48.1 Å². The van der Waals surface area contributed by atoms with Gasteiger partial charge < -0.3 is 10.5 Å². The summed E-state index contributed by atoms with van der Waals surface area (Å²) in [6, 6.07) is 9.68. The Morgan fingerprint density at radius 2 is 1.85 bits per heavy atom. The summed E-state index contributed by atoms with van der Waals surface area (Å²) in [7, 11) is 0. The lowest BCUT2D eigenvalue weighted by Gasteiger charge is -2.14. The average Bonchev–Trinajstić information content (AvgIpc) is 2.45. The molecule has 0 aliphatic carbocycles. The number of rotatable bonds is 4. The summed E-state index contributed by atoms with van der Waals surface area (Å²) in [6.45, 7) is 0.0764. The van der Waals surface area contributed by atoms with Crippen molar-refractivity contribution in [2.24, 2.45) is 5.73 Å². The van der Waals surface area contributed by atoms with Gasteiger partial charge in [0, 0.05) is 6.20 Å². The van der Waals surface area contributed by atoms with Crippen molar-refractivity contribution in [3.63, 3.8) is 0 Å². The molecule has 2 aromatic rings. The van der Waals surface area contributed by atoms with Crippen LogP contribution >= 0.6 is 0 Å². The predicted octanol–water partition coefficient (Wildman–Crippen LogP) is 3.18. The van der Waals surface area contributed by atoms with E-state index in [1.54, 1.807) is 0 Å². The molecule has 1 heterocycles. The van der Waals surface area contributed by atoms with Crippen LogP contribution in [0.2, 0.25) is 0 Å². The first-order valence-corrected chi connectivity index (χ1v) is 5.92. The van der Waals surface area contributed by atoms with Crippen LogP contribution in [-0.4, -0.2) is 11.6 Å². The Morgan fingerprint density at radius 3 is 2.50 bits per heavy atom. The smallest absolute Gasteiger partial charge is 0.418 e. The molecular weight excluding hydrogens is 269 g/mol. The number of hydrogen-bond acceptors (Lipinski definition) is 3. The van der Waals surface area contributed by atoms with Crippen LogP contribution in [-0.2, 0) is 6.18 Å². The fourth-order valence-electron chi connectivity index (χ4n) is 1.64. The second-order valence-electron chi connectivity index (χ2n) is 4.24. The lowest BCUT2D eigenvalue weighted by molar-refractivity contribution is -0.137. The van der Waals surface area contributed by atoms with Gasteiger partial charge in [-0.05, 0) is 11.6 Å². The van der Waals surface area contributed by atoms with E-state index in [0.29, 0.717) is 0 Å². The summed E-state index contributed by atoms with van der Waals surface area (Å²) in [6.07, 6.45) is -2.45. The molecule has 0 bridgehead atoms. The zero-order chi connectivity index (χ0) is 14.6. The molecule has 20 heavy (non-hydrogen) atoms. The van der Waals surface area contributed by atoms with Gasteiger partial charge >= 0.3 is 6.18 Å². The molecule has 0 saturated carbocycles. The number of nitrogens with two attached hydrogens (primary N) is 1. The van der Waals surface area contributed by atoms with Crippen molar-refractivity contribution in [3.8, 4) is 5.75 Å². The summed E-state index contributed by atoms with van der Waals surface area (Å²) in [5.41, 5.74) is 5.91. The lowest BCUT2D eigenvalue weighted by atomic mass is 10.1. The quantitative estimate of drug-likeness (QED) is 0.937. The van der Waals surface area contributed by atoms with E-state index in [0.717, 1.165) is 17.8 Å². The highest BCUT2D eigenvalue weighted by Gasteiger charge is 2.31. The number of alkyl halides is 3. The van der Waals surface area contributed by atoms with Crippen molar-refractivity contribution in [3.05, 3.63) is 59.9 Å². The maximum atomic E-state index is 12.5. The minimum Gasteiger partial charge on any atom is -0.490 e. The van der Waals surface area contributed by atoms with E-state index in [-0.39, 0.29) is 12.4 Å². The van der Waals surface area contributed by atoms with Gasteiger partial charge in [0.25, 0.3) is 0 Å². The van der Waals surface area contributed by atoms with Crippen LogP contribution in [0.15, 0.2) is 48.8 Å². The largest absolute Gasteiger partial charge is 0.490 e. The van der Waals surface area contributed by atoms with Crippen LogP contribution in [0.3, 0.4) is 0 Å². The molecule has 6 heteroatoms. The third-order valence-electron chi connectivity index (χ3n) is 2.70. The second kappa shape index (κ2) is 5.92. The molecule has 0 aliphatic rings. The number of halogens is 3. The molecule has 0 fully saturated rings. The molecule has 0 aliphatic heterocycles. The van der Waals surface area contributed by atoms with E-state index >= 15 is 0 Å². The SMILES string of the molecule is NC(COc1cncc(C(F)(F)F)c1)c1ccccc1. The van der Waals surface area contributed by atoms with Crippen molar-refractivity contribution in [2.75, 3.05) is 6.61 Å². The third-order valence-corrected chi connectivity index (χ3v) is 2.70. The zero-order valence-electron chi connectivity index (χ0n) is 10.5. The molecule has 1 aromatic heterocycles. The molecule has 2 rings (SSSR count). The number of pyridine rings is 1. The number of nitrogens with zero attached hydrogens (tertiary/aromatic N) is 1. The van der Waals surface area contributed by atoms with Gasteiger partial charge in [0.05, 0.1) is 17.8 Å². The number of benzene rings is 1. The van der Waals surface area contributed by atoms with Gasteiger partial charge in [0.1, 0.15) is 12.4 Å². The van der Waals surface area contributed by atoms with E-state index in [1.165, 1.54) is 6.20 Å². The molecular formula is C14H13F3N2O. The zero-order valence-corrected chi connectivity index (χ0v) is 10.5. The Hall–Kier alpha value is -2.08. The summed E-state index contributed by atoms with van der Waals surface area (Å²) in [5.74, 6) is 0.0474. The summed E-state index contributed by atoms with van der Waals surface area (Å²) >= 11 is 0. The highest BCUT2D eigenvalue weighted by Crippen LogP contribution is 2.30. The molecule has 0 radical (unpaired) electrons. The van der Waals surface area contributed by atoms with Gasteiger partial charge in [-0.15, -0.1) is 0 Å². The van der Waals surface area contributed by atoms with E-state index in [1.807, 2.05) is 30.3 Å². The van der Waals surface area contributed by atoms with E-state index in [2.05, 4.69) is 4.98 Å². The summed E-state index contributed by atoms with van der Waals surface area (Å²) in [5, 5.41) is 0. The van der Waals surface area contributed by atoms with Crippen LogP contribution in [0.1, 0.15) is 17.2 Å². The molecule has 3 nitrogen and oxygen atoms in total. The standard InChI is InChI=1S/C14H13F3N2O/c15-14(16,17)11-6-12(8-19-7-11)20-9-13(18)10-4-2-1-3-5-10/h1-8,13H,9,18H2. The molecule has 2 N–H and O–H groups in total. The molecule has 106 valence electrons. The van der Waals surface area contributed by atoms with Crippen molar-refractivity contribution >= 4 is 0 Å². The Kier molecular flexibility index (Phi) is 4.24. The van der Waals surface area contributed by atoms with E-state index in [9.17, 15) is 13.2 Å². The van der Waals surface area contributed by atoms with Crippen LogP contribution in [0.25, 0.3) is 0 Å².